The molecule has 0 saturated heterocycles. The molecule has 5 aromatic rings. The number of aromatic carboxylic acids is 1. The number of ether oxygens (including phenoxy) is 1. The number of phenolic OH excluding ortho intramolecular Hbond substituents is 1. The van der Waals surface area contributed by atoms with Crippen molar-refractivity contribution in [2.45, 2.75) is 11.8 Å². The van der Waals surface area contributed by atoms with E-state index in [0.717, 1.165) is 5.69 Å². The van der Waals surface area contributed by atoms with E-state index in [1.165, 1.54) is 43.5 Å². The first kappa shape index (κ1) is 30.6. The molecule has 0 aliphatic heterocycles. The number of methoxy groups -OCH3 is 1. The van der Waals surface area contributed by atoms with Crippen molar-refractivity contribution in [3.63, 3.8) is 0 Å². The number of aryl methyl sites for hydroxylation is 1. The summed E-state index contributed by atoms with van der Waals surface area (Å²) in [5.41, 5.74) is 1.82. The Hall–Kier alpha value is -5.86. The molecule has 5 rings (SSSR count). The van der Waals surface area contributed by atoms with E-state index in [1.54, 1.807) is 25.1 Å². The maximum absolute atomic E-state index is 12.4. The van der Waals surface area contributed by atoms with Crippen molar-refractivity contribution in [2.75, 3.05) is 12.4 Å². The van der Waals surface area contributed by atoms with Gasteiger partial charge in [0.1, 0.15) is 33.3 Å². The number of benzene rings is 5. The molecule has 0 aliphatic rings. The normalized spacial score (nSPS) is 11.8. The predicted octanol–water partition coefficient (Wildman–Crippen LogP) is 8.09. The number of azo groups is 2. The van der Waals surface area contributed by atoms with Crippen LogP contribution in [0.25, 0.3) is 10.8 Å². The van der Waals surface area contributed by atoms with Gasteiger partial charge < -0.3 is 25.4 Å². The van der Waals surface area contributed by atoms with Crippen LogP contribution in [-0.4, -0.2) is 41.4 Å². The van der Waals surface area contributed by atoms with Crippen molar-refractivity contribution in [1.82, 2.24) is 0 Å². The number of phenols is 2. The largest absolute Gasteiger partial charge is 0.507 e. The molecule has 0 aromatic heterocycles. The number of carboxylic acid groups (broad SMARTS) is 1. The van der Waals surface area contributed by atoms with Gasteiger partial charge in [0, 0.05) is 22.8 Å². The first-order valence-corrected chi connectivity index (χ1v) is 14.6. The van der Waals surface area contributed by atoms with Gasteiger partial charge in [-0.25, -0.2) is 4.79 Å². The average molecular weight is 628 g/mol. The van der Waals surface area contributed by atoms with Gasteiger partial charge in [-0.15, -0.1) is 10.2 Å². The quantitative estimate of drug-likeness (QED) is 0.0790. The molecule has 45 heavy (non-hydrogen) atoms. The third-order valence-corrected chi connectivity index (χ3v) is 7.50. The molecule has 0 bridgehead atoms. The van der Waals surface area contributed by atoms with Gasteiger partial charge in [0.2, 0.25) is 0 Å². The van der Waals surface area contributed by atoms with Crippen molar-refractivity contribution in [1.29, 1.82) is 0 Å². The highest BCUT2D eigenvalue weighted by Gasteiger charge is 2.22. The van der Waals surface area contributed by atoms with Gasteiger partial charge in [0.15, 0.2) is 5.75 Å². The van der Waals surface area contributed by atoms with E-state index >= 15 is 0 Å². The zero-order valence-corrected chi connectivity index (χ0v) is 24.5. The van der Waals surface area contributed by atoms with E-state index in [2.05, 4.69) is 25.8 Å². The average Bonchev–Trinajstić information content (AvgIpc) is 3.00. The third kappa shape index (κ3) is 6.71. The third-order valence-electron chi connectivity index (χ3n) is 6.63. The molecular formula is C31H25N5O8S. The summed E-state index contributed by atoms with van der Waals surface area (Å²) in [6, 6.07) is 22.2. The van der Waals surface area contributed by atoms with Crippen LogP contribution in [0.2, 0.25) is 0 Å². The second-order valence-electron chi connectivity index (χ2n) is 9.69. The summed E-state index contributed by atoms with van der Waals surface area (Å²) in [6.07, 6.45) is 0. The molecule has 0 atom stereocenters. The summed E-state index contributed by atoms with van der Waals surface area (Å²) in [7, 11) is -3.48. The molecular weight excluding hydrogens is 602 g/mol. The zero-order valence-electron chi connectivity index (χ0n) is 23.7. The van der Waals surface area contributed by atoms with Crippen LogP contribution in [0.1, 0.15) is 15.9 Å². The summed E-state index contributed by atoms with van der Waals surface area (Å²) < 4.78 is 40.1. The van der Waals surface area contributed by atoms with Crippen LogP contribution in [0, 0.1) is 6.92 Å². The first-order valence-electron chi connectivity index (χ1n) is 13.1. The smallest absolute Gasteiger partial charge is 0.339 e. The molecule has 0 unspecified atom stereocenters. The monoisotopic (exact) mass is 627 g/mol. The van der Waals surface area contributed by atoms with E-state index in [1.807, 2.05) is 30.3 Å². The highest BCUT2D eigenvalue weighted by molar-refractivity contribution is 7.86. The molecule has 0 spiro atoms. The van der Waals surface area contributed by atoms with Crippen LogP contribution >= 0.6 is 0 Å². The molecule has 13 nitrogen and oxygen atoms in total. The number of rotatable bonds is 9. The number of fused-ring (bicyclic) bond motifs is 1. The van der Waals surface area contributed by atoms with Gasteiger partial charge in [0.25, 0.3) is 10.1 Å². The Morgan fingerprint density at radius 1 is 0.822 bits per heavy atom. The number of nitrogens with zero attached hydrogens (tertiary/aromatic N) is 4. The summed E-state index contributed by atoms with van der Waals surface area (Å²) in [6.45, 7) is 1.69. The molecule has 228 valence electrons. The van der Waals surface area contributed by atoms with Gasteiger partial charge in [0.05, 0.1) is 18.5 Å². The minimum atomic E-state index is -4.84. The Morgan fingerprint density at radius 3 is 2.24 bits per heavy atom. The highest BCUT2D eigenvalue weighted by atomic mass is 32.2. The van der Waals surface area contributed by atoms with E-state index in [4.69, 9.17) is 4.74 Å². The lowest BCUT2D eigenvalue weighted by atomic mass is 10.1. The first-order chi connectivity index (χ1) is 21.4. The van der Waals surface area contributed by atoms with Gasteiger partial charge in [-0.05, 0) is 78.5 Å². The van der Waals surface area contributed by atoms with E-state index in [0.29, 0.717) is 22.3 Å². The Balaban J connectivity index is 1.51. The SMILES string of the molecule is COc1cc(N=Nc2ccc(O)c(C(=O)O)c2)c(C)cc1N=Nc1c(S(=O)(=O)O)cc2cc(Nc3ccccc3)ccc2c1O. The van der Waals surface area contributed by atoms with Gasteiger partial charge in [-0.3, -0.25) is 4.55 Å². The van der Waals surface area contributed by atoms with Crippen molar-refractivity contribution in [3.05, 3.63) is 96.1 Å². The Morgan fingerprint density at radius 2 is 1.56 bits per heavy atom. The summed E-state index contributed by atoms with van der Waals surface area (Å²) >= 11 is 0. The summed E-state index contributed by atoms with van der Waals surface area (Å²) in [5, 5.41) is 50.1. The molecule has 0 amide bonds. The Labute approximate surface area is 256 Å². The minimum Gasteiger partial charge on any atom is -0.507 e. The van der Waals surface area contributed by atoms with Crippen LogP contribution in [0.5, 0.6) is 17.2 Å². The van der Waals surface area contributed by atoms with Crippen molar-refractivity contribution < 1.29 is 37.8 Å². The number of aromatic hydroxyl groups is 2. The number of hydrogen-bond donors (Lipinski definition) is 5. The molecule has 0 radical (unpaired) electrons. The van der Waals surface area contributed by atoms with E-state index in [9.17, 15) is 33.1 Å². The molecule has 14 heteroatoms. The fourth-order valence-electron chi connectivity index (χ4n) is 4.40. The molecule has 5 N–H and O–H groups in total. The minimum absolute atomic E-state index is 0.148. The standard InChI is InChI=1S/C31H25N5O8S/c1-17-12-25(27(44-2)16-24(17)34-33-21-9-11-26(37)23(15-21)31(39)40)35-36-29-28(45(41,42)43)14-18-13-20(8-10-22(18)30(29)38)32-19-6-4-3-5-7-19/h3-16,32,37-38H,1-2H3,(H,39,40)(H,41,42,43). The Bertz CT molecular complexity index is 2120. The lowest BCUT2D eigenvalue weighted by Crippen LogP contribution is -1.99. The summed E-state index contributed by atoms with van der Waals surface area (Å²) in [5.74, 6) is -2.07. The van der Waals surface area contributed by atoms with Gasteiger partial charge in [-0.1, -0.05) is 18.2 Å². The number of nitrogens with one attached hydrogen (secondary N) is 1. The molecule has 0 saturated carbocycles. The van der Waals surface area contributed by atoms with Crippen molar-refractivity contribution in [3.8, 4) is 17.2 Å². The number of hydrogen-bond acceptors (Lipinski definition) is 11. The van der Waals surface area contributed by atoms with E-state index in [-0.39, 0.29) is 28.1 Å². The number of para-hydroxylation sites is 1. The number of anilines is 2. The van der Waals surface area contributed by atoms with E-state index < -0.39 is 38.2 Å². The van der Waals surface area contributed by atoms with Crippen LogP contribution in [0.3, 0.4) is 0 Å². The maximum Gasteiger partial charge on any atom is 0.339 e. The second-order valence-corrected chi connectivity index (χ2v) is 11.1. The zero-order chi connectivity index (χ0) is 32.3. The maximum atomic E-state index is 12.4. The van der Waals surface area contributed by atoms with Crippen molar-refractivity contribution >= 4 is 61.0 Å². The molecule has 0 aliphatic carbocycles. The highest BCUT2D eigenvalue weighted by Crippen LogP contribution is 2.43. The summed E-state index contributed by atoms with van der Waals surface area (Å²) in [4.78, 5) is 10.6. The Kier molecular flexibility index (Phi) is 8.43. The van der Waals surface area contributed by atoms with Gasteiger partial charge >= 0.3 is 5.97 Å². The van der Waals surface area contributed by atoms with Crippen LogP contribution in [0.15, 0.2) is 110 Å². The van der Waals surface area contributed by atoms with Crippen LogP contribution in [-0.2, 0) is 10.1 Å². The molecule has 0 heterocycles. The predicted molar refractivity (Wildman–Crippen MR) is 166 cm³/mol. The molecule has 5 aromatic carbocycles. The lowest BCUT2D eigenvalue weighted by Gasteiger charge is -2.12. The van der Waals surface area contributed by atoms with Crippen LogP contribution < -0.4 is 10.1 Å². The number of carboxylic acids is 1. The van der Waals surface area contributed by atoms with Crippen molar-refractivity contribution in [2.24, 2.45) is 20.5 Å². The van der Waals surface area contributed by atoms with Gasteiger partial charge in [-0.2, -0.15) is 18.6 Å². The van der Waals surface area contributed by atoms with Crippen LogP contribution in [0.4, 0.5) is 34.1 Å². The molecule has 0 fully saturated rings. The lowest BCUT2D eigenvalue weighted by molar-refractivity contribution is 0.0693. The fraction of sp³-hybridized carbons (Fsp3) is 0.0645. The number of carbonyl (C=O) groups is 1. The second kappa shape index (κ2) is 12.4. The fourth-order valence-corrected chi connectivity index (χ4v) is 5.05. The topological polar surface area (TPSA) is 203 Å².